The first-order valence-electron chi connectivity index (χ1n) is 8.58. The number of nitrogens with one attached hydrogen (secondary N) is 1. The van der Waals surface area contributed by atoms with Crippen LogP contribution in [0.1, 0.15) is 52.5 Å². The largest absolute Gasteiger partial charge is 0.329 e. The molecule has 1 aliphatic carbocycles. The molecule has 0 aromatic carbocycles. The molecule has 2 atom stereocenters. The summed E-state index contributed by atoms with van der Waals surface area (Å²) in [7, 11) is 1.75. The molecule has 1 fully saturated rings. The molecule has 2 aliphatic rings. The molecule has 0 spiro atoms. The molecule has 2 amide bonds. The quantitative estimate of drug-likeness (QED) is 0.786. The van der Waals surface area contributed by atoms with E-state index in [0.717, 1.165) is 23.5 Å². The van der Waals surface area contributed by atoms with Gasteiger partial charge in [0.25, 0.3) is 0 Å². The summed E-state index contributed by atoms with van der Waals surface area (Å²) in [5, 5.41) is 4.03. The number of imidazole rings is 1. The van der Waals surface area contributed by atoms with E-state index in [4.69, 9.17) is 0 Å². The highest BCUT2D eigenvalue weighted by atomic mass is 16.2. The van der Waals surface area contributed by atoms with Gasteiger partial charge in [-0.1, -0.05) is 32.9 Å². The number of hydrogen-bond acceptors (Lipinski definition) is 3. The van der Waals surface area contributed by atoms with Crippen molar-refractivity contribution in [1.29, 1.82) is 0 Å². The molecular formula is C18H25N3O3. The van der Waals surface area contributed by atoms with Crippen molar-refractivity contribution in [1.82, 2.24) is 14.5 Å². The van der Waals surface area contributed by atoms with E-state index in [1.54, 1.807) is 16.2 Å². The van der Waals surface area contributed by atoms with Crippen LogP contribution in [0.15, 0.2) is 4.79 Å². The Hall–Kier alpha value is -2.11. The minimum absolute atomic E-state index is 0.00290. The molecule has 3 rings (SSSR count). The molecule has 0 bridgehead atoms. The summed E-state index contributed by atoms with van der Waals surface area (Å²) in [5.74, 6) is -0.203. The molecule has 1 aromatic rings. The summed E-state index contributed by atoms with van der Waals surface area (Å²) in [6.45, 7) is 6.60. The molecule has 2 heterocycles. The van der Waals surface area contributed by atoms with Gasteiger partial charge in [0, 0.05) is 13.5 Å². The zero-order chi connectivity index (χ0) is 17.6. The van der Waals surface area contributed by atoms with Crippen LogP contribution in [-0.2, 0) is 16.6 Å². The molecule has 6 heteroatoms. The van der Waals surface area contributed by atoms with Crippen LogP contribution in [0.2, 0.25) is 0 Å². The van der Waals surface area contributed by atoms with Crippen molar-refractivity contribution in [3.05, 3.63) is 21.2 Å². The van der Waals surface area contributed by atoms with Crippen LogP contribution in [0, 0.1) is 11.3 Å². The van der Waals surface area contributed by atoms with Gasteiger partial charge in [0.15, 0.2) is 0 Å². The number of fused-ring (bicyclic) bond motifs is 1. The Labute approximate surface area is 140 Å². The van der Waals surface area contributed by atoms with E-state index in [-0.39, 0.29) is 29.3 Å². The minimum atomic E-state index is -0.613. The lowest BCUT2D eigenvalue weighted by Crippen LogP contribution is -2.47. The van der Waals surface area contributed by atoms with Crippen LogP contribution in [0.5, 0.6) is 0 Å². The third kappa shape index (κ3) is 2.54. The van der Waals surface area contributed by atoms with Gasteiger partial charge in [-0.15, -0.1) is 0 Å². The normalized spacial score (nSPS) is 27.1. The monoisotopic (exact) mass is 331 g/mol. The second kappa shape index (κ2) is 5.76. The molecule has 1 aromatic heterocycles. The highest BCUT2D eigenvalue weighted by Crippen LogP contribution is 2.34. The van der Waals surface area contributed by atoms with E-state index in [2.05, 4.69) is 38.2 Å². The molecule has 130 valence electrons. The van der Waals surface area contributed by atoms with Gasteiger partial charge in [-0.25, -0.2) is 4.79 Å². The highest BCUT2D eigenvalue weighted by Gasteiger charge is 2.32. The van der Waals surface area contributed by atoms with Gasteiger partial charge >= 0.3 is 5.69 Å². The predicted octanol–water partition coefficient (Wildman–Crippen LogP) is 0.182. The Morgan fingerprint density at radius 3 is 2.58 bits per heavy atom. The van der Waals surface area contributed by atoms with Crippen molar-refractivity contribution in [2.24, 2.45) is 18.4 Å². The maximum absolute atomic E-state index is 12.8. The van der Waals surface area contributed by atoms with Gasteiger partial charge in [0.05, 0.1) is 10.7 Å². The third-order valence-corrected chi connectivity index (χ3v) is 5.70. The summed E-state index contributed by atoms with van der Waals surface area (Å²) in [6, 6.07) is -0.613. The van der Waals surface area contributed by atoms with Gasteiger partial charge in [-0.3, -0.25) is 24.0 Å². The van der Waals surface area contributed by atoms with Crippen LogP contribution in [0.25, 0.3) is 12.2 Å². The van der Waals surface area contributed by atoms with Gasteiger partial charge in [0.1, 0.15) is 6.04 Å². The third-order valence-electron chi connectivity index (χ3n) is 5.70. The van der Waals surface area contributed by atoms with Crippen LogP contribution in [-0.4, -0.2) is 20.9 Å². The smallest absolute Gasteiger partial charge is 0.295 e. The number of nitrogens with zero attached hydrogens (tertiary/aromatic N) is 2. The SMILES string of the molecule is CC(C)C1(C)C=c2c(n(C3CCC(=O)NC3=O)c(=O)n2C)=CCC1. The number of imide groups is 1. The van der Waals surface area contributed by atoms with Crippen molar-refractivity contribution in [2.75, 3.05) is 0 Å². The summed E-state index contributed by atoms with van der Waals surface area (Å²) in [6.07, 6.45) is 6.74. The fourth-order valence-electron chi connectivity index (χ4n) is 3.63. The highest BCUT2D eigenvalue weighted by molar-refractivity contribution is 5.99. The first kappa shape index (κ1) is 16.7. The molecule has 1 N–H and O–H groups in total. The maximum atomic E-state index is 12.8. The van der Waals surface area contributed by atoms with E-state index >= 15 is 0 Å². The zero-order valence-corrected chi connectivity index (χ0v) is 14.8. The average Bonchev–Trinajstić information content (AvgIpc) is 2.65. The van der Waals surface area contributed by atoms with Crippen molar-refractivity contribution >= 4 is 24.0 Å². The fraction of sp³-hybridized carbons (Fsp3) is 0.611. The predicted molar refractivity (Wildman–Crippen MR) is 91.5 cm³/mol. The fourth-order valence-corrected chi connectivity index (χ4v) is 3.63. The number of amides is 2. The molecule has 0 saturated carbocycles. The van der Waals surface area contributed by atoms with Crippen molar-refractivity contribution in [3.8, 4) is 0 Å². The second-order valence-corrected chi connectivity index (χ2v) is 7.50. The van der Waals surface area contributed by atoms with E-state index < -0.39 is 6.04 Å². The van der Waals surface area contributed by atoms with E-state index in [1.807, 2.05) is 0 Å². The maximum Gasteiger partial charge on any atom is 0.329 e. The van der Waals surface area contributed by atoms with E-state index in [0.29, 0.717) is 12.3 Å². The van der Waals surface area contributed by atoms with E-state index in [9.17, 15) is 14.4 Å². The van der Waals surface area contributed by atoms with Crippen LogP contribution in [0.3, 0.4) is 0 Å². The van der Waals surface area contributed by atoms with Gasteiger partial charge < -0.3 is 0 Å². The Morgan fingerprint density at radius 2 is 1.96 bits per heavy atom. The summed E-state index contributed by atoms with van der Waals surface area (Å²) >= 11 is 0. The van der Waals surface area contributed by atoms with Crippen LogP contribution >= 0.6 is 0 Å². The summed E-state index contributed by atoms with van der Waals surface area (Å²) in [4.78, 5) is 36.5. The number of carbonyl (C=O) groups excluding carboxylic acids is 2. The number of piperidine rings is 1. The number of rotatable bonds is 2. The summed E-state index contributed by atoms with van der Waals surface area (Å²) < 4.78 is 3.20. The number of carbonyl (C=O) groups is 2. The molecule has 1 saturated heterocycles. The first-order chi connectivity index (χ1) is 11.2. The molecule has 1 aliphatic heterocycles. The lowest BCUT2D eigenvalue weighted by atomic mass is 9.76. The zero-order valence-electron chi connectivity index (χ0n) is 14.8. The van der Waals surface area contributed by atoms with Crippen LogP contribution < -0.4 is 21.7 Å². The molecule has 0 radical (unpaired) electrons. The molecular weight excluding hydrogens is 306 g/mol. The Kier molecular flexibility index (Phi) is 4.01. The lowest BCUT2D eigenvalue weighted by molar-refractivity contribution is -0.135. The average molecular weight is 331 g/mol. The topological polar surface area (TPSA) is 73.1 Å². The second-order valence-electron chi connectivity index (χ2n) is 7.50. The minimum Gasteiger partial charge on any atom is -0.295 e. The number of hydrogen-bond donors (Lipinski definition) is 1. The molecule has 2 unspecified atom stereocenters. The van der Waals surface area contributed by atoms with Crippen molar-refractivity contribution < 1.29 is 9.59 Å². The molecule has 24 heavy (non-hydrogen) atoms. The standard InChI is InChI=1S/C18H25N3O3/c1-11(2)18(3)9-5-6-12-14(10-18)20(4)17(24)21(12)13-7-8-15(22)19-16(13)23/h6,10-11,13H,5,7-9H2,1-4H3,(H,19,22,23). The van der Waals surface area contributed by atoms with Crippen LogP contribution in [0.4, 0.5) is 0 Å². The Bertz CT molecular complexity index is 875. The van der Waals surface area contributed by atoms with Crippen molar-refractivity contribution in [3.63, 3.8) is 0 Å². The number of aromatic nitrogens is 2. The Balaban J connectivity index is 2.23. The van der Waals surface area contributed by atoms with Gasteiger partial charge in [-0.05, 0) is 30.6 Å². The van der Waals surface area contributed by atoms with Gasteiger partial charge in [-0.2, -0.15) is 0 Å². The van der Waals surface area contributed by atoms with E-state index in [1.165, 1.54) is 0 Å². The Morgan fingerprint density at radius 1 is 1.25 bits per heavy atom. The first-order valence-corrected chi connectivity index (χ1v) is 8.58. The molecule has 6 nitrogen and oxygen atoms in total. The van der Waals surface area contributed by atoms with Crippen molar-refractivity contribution in [2.45, 2.75) is 52.5 Å². The lowest BCUT2D eigenvalue weighted by Gasteiger charge is -2.29. The van der Waals surface area contributed by atoms with Gasteiger partial charge in [0.2, 0.25) is 11.8 Å². The summed E-state index contributed by atoms with van der Waals surface area (Å²) in [5.41, 5.74) is -0.196.